The second-order valence-electron chi connectivity index (χ2n) is 5.12. The summed E-state index contributed by atoms with van der Waals surface area (Å²) in [6.45, 7) is 4.49. The van der Waals surface area contributed by atoms with E-state index in [0.717, 1.165) is 5.92 Å². The van der Waals surface area contributed by atoms with E-state index in [2.05, 4.69) is 60.7 Å². The molecule has 0 atom stereocenters. The molecule has 19 heavy (non-hydrogen) atoms. The van der Waals surface area contributed by atoms with Crippen LogP contribution >= 0.6 is 0 Å². The monoisotopic (exact) mass is 251 g/mol. The van der Waals surface area contributed by atoms with Crippen molar-refractivity contribution in [3.8, 4) is 0 Å². The maximum atomic E-state index is 2.24. The molecule has 0 N–H and O–H groups in total. The molecule has 98 valence electrons. The average molecular weight is 251 g/mol. The molecule has 0 spiro atoms. The van der Waals surface area contributed by atoms with Crippen molar-refractivity contribution in [2.75, 3.05) is 0 Å². The predicted octanol–water partition coefficient (Wildman–Crippen LogP) is 4.82. The third kappa shape index (κ3) is 4.29. The summed E-state index contributed by atoms with van der Waals surface area (Å²) in [7, 11) is 0. The van der Waals surface area contributed by atoms with E-state index in [-0.39, 0.29) is 0 Å². The second kappa shape index (κ2) is 6.79. The normalized spacial score (nSPS) is 10.3. The molecule has 3 rings (SSSR count). The summed E-state index contributed by atoms with van der Waals surface area (Å²) in [5, 5.41) is 0. The Bertz CT molecular complexity index is 563. The molecular formula is C18H21N. The Kier molecular flexibility index (Phi) is 4.79. The highest BCUT2D eigenvalue weighted by atomic mass is 14.8. The molecule has 0 saturated heterocycles. The highest BCUT2D eigenvalue weighted by molar-refractivity contribution is 5.46. The SMILES string of the molecule is CC(C)Cc1ccccc1.c1ccn2cccc2c1. The zero-order valence-electron chi connectivity index (χ0n) is 11.7. The lowest BCUT2D eigenvalue weighted by Crippen LogP contribution is -1.92. The highest BCUT2D eigenvalue weighted by Crippen LogP contribution is 2.06. The number of aromatic nitrogens is 1. The van der Waals surface area contributed by atoms with Gasteiger partial charge in [0, 0.05) is 17.9 Å². The van der Waals surface area contributed by atoms with Gasteiger partial charge in [-0.1, -0.05) is 50.2 Å². The molecule has 0 unspecified atom stereocenters. The first kappa shape index (κ1) is 13.4. The lowest BCUT2D eigenvalue weighted by Gasteiger charge is -2.02. The molecule has 0 saturated carbocycles. The van der Waals surface area contributed by atoms with E-state index in [4.69, 9.17) is 0 Å². The van der Waals surface area contributed by atoms with Crippen molar-refractivity contribution in [1.82, 2.24) is 4.40 Å². The molecular weight excluding hydrogens is 230 g/mol. The van der Waals surface area contributed by atoms with Crippen molar-refractivity contribution in [3.05, 3.63) is 78.6 Å². The Labute approximate surface area is 115 Å². The first-order chi connectivity index (χ1) is 9.25. The van der Waals surface area contributed by atoms with Gasteiger partial charge in [0.2, 0.25) is 0 Å². The van der Waals surface area contributed by atoms with E-state index in [1.807, 2.05) is 30.6 Å². The molecule has 2 heterocycles. The van der Waals surface area contributed by atoms with E-state index in [1.54, 1.807) is 0 Å². The van der Waals surface area contributed by atoms with Crippen molar-refractivity contribution in [1.29, 1.82) is 0 Å². The quantitative estimate of drug-likeness (QED) is 0.615. The van der Waals surface area contributed by atoms with Gasteiger partial charge in [0.05, 0.1) is 0 Å². The van der Waals surface area contributed by atoms with Gasteiger partial charge in [-0.05, 0) is 42.2 Å². The molecule has 0 bridgehead atoms. The van der Waals surface area contributed by atoms with E-state index in [9.17, 15) is 0 Å². The molecule has 0 aliphatic rings. The second-order valence-corrected chi connectivity index (χ2v) is 5.12. The van der Waals surface area contributed by atoms with Crippen LogP contribution in [0.25, 0.3) is 5.52 Å². The fourth-order valence-corrected chi connectivity index (χ4v) is 2.07. The standard InChI is InChI=1S/C10H14.C8H7N/c1-9(2)8-10-6-4-3-5-7-10;1-2-6-9-7-3-5-8(9)4-1/h3-7,9H,8H2,1-2H3;1-7H. The maximum absolute atomic E-state index is 2.24. The van der Waals surface area contributed by atoms with Gasteiger partial charge in [-0.3, -0.25) is 0 Å². The van der Waals surface area contributed by atoms with Gasteiger partial charge in [-0.15, -0.1) is 0 Å². The van der Waals surface area contributed by atoms with Crippen molar-refractivity contribution in [2.45, 2.75) is 20.3 Å². The Morgan fingerprint density at radius 3 is 2.11 bits per heavy atom. The number of benzene rings is 1. The molecule has 0 amide bonds. The fourth-order valence-electron chi connectivity index (χ4n) is 2.07. The van der Waals surface area contributed by atoms with Crippen LogP contribution in [0.3, 0.4) is 0 Å². The van der Waals surface area contributed by atoms with Crippen LogP contribution in [-0.2, 0) is 6.42 Å². The summed E-state index contributed by atoms with van der Waals surface area (Å²) in [5.41, 5.74) is 2.69. The third-order valence-electron chi connectivity index (χ3n) is 2.92. The van der Waals surface area contributed by atoms with Crippen molar-refractivity contribution in [3.63, 3.8) is 0 Å². The van der Waals surface area contributed by atoms with Gasteiger partial charge >= 0.3 is 0 Å². The minimum atomic E-state index is 0.766. The predicted molar refractivity (Wildman–Crippen MR) is 82.4 cm³/mol. The number of pyridine rings is 1. The Morgan fingerprint density at radius 2 is 1.42 bits per heavy atom. The number of nitrogens with zero attached hydrogens (tertiary/aromatic N) is 1. The molecule has 2 aromatic heterocycles. The van der Waals surface area contributed by atoms with E-state index in [0.29, 0.717) is 0 Å². The van der Waals surface area contributed by atoms with Gasteiger partial charge in [0.15, 0.2) is 0 Å². The highest BCUT2D eigenvalue weighted by Gasteiger charge is 1.94. The first-order valence-electron chi connectivity index (χ1n) is 6.81. The Balaban J connectivity index is 0.000000141. The van der Waals surface area contributed by atoms with Crippen LogP contribution < -0.4 is 0 Å². The number of rotatable bonds is 2. The minimum Gasteiger partial charge on any atom is -0.324 e. The zero-order chi connectivity index (χ0) is 13.5. The van der Waals surface area contributed by atoms with Crippen molar-refractivity contribution >= 4 is 5.52 Å². The van der Waals surface area contributed by atoms with Gasteiger partial charge in [-0.2, -0.15) is 0 Å². The molecule has 0 radical (unpaired) electrons. The minimum absolute atomic E-state index is 0.766. The molecule has 0 aliphatic carbocycles. The van der Waals surface area contributed by atoms with Crippen molar-refractivity contribution < 1.29 is 0 Å². The van der Waals surface area contributed by atoms with E-state index < -0.39 is 0 Å². The lowest BCUT2D eigenvalue weighted by molar-refractivity contribution is 0.647. The van der Waals surface area contributed by atoms with Crippen LogP contribution in [0.15, 0.2) is 73.1 Å². The Morgan fingerprint density at radius 1 is 0.789 bits per heavy atom. The van der Waals surface area contributed by atoms with Crippen LogP contribution in [-0.4, -0.2) is 4.40 Å². The van der Waals surface area contributed by atoms with Crippen LogP contribution in [0, 0.1) is 5.92 Å². The van der Waals surface area contributed by atoms with Gasteiger partial charge in [-0.25, -0.2) is 0 Å². The third-order valence-corrected chi connectivity index (χ3v) is 2.92. The van der Waals surface area contributed by atoms with E-state index in [1.165, 1.54) is 17.5 Å². The molecule has 0 fully saturated rings. The summed E-state index contributed by atoms with van der Waals surface area (Å²) in [6, 6.07) is 20.9. The molecule has 1 aromatic carbocycles. The summed E-state index contributed by atoms with van der Waals surface area (Å²) >= 11 is 0. The number of fused-ring (bicyclic) bond motifs is 1. The number of hydrogen-bond acceptors (Lipinski definition) is 0. The molecule has 3 aromatic rings. The van der Waals surface area contributed by atoms with Crippen LogP contribution in [0.2, 0.25) is 0 Å². The first-order valence-corrected chi connectivity index (χ1v) is 6.81. The van der Waals surface area contributed by atoms with Crippen LogP contribution in [0.5, 0.6) is 0 Å². The number of hydrogen-bond donors (Lipinski definition) is 0. The molecule has 0 aliphatic heterocycles. The summed E-state index contributed by atoms with van der Waals surface area (Å²) in [4.78, 5) is 0. The smallest absolute Gasteiger partial charge is 0.0449 e. The van der Waals surface area contributed by atoms with Crippen LogP contribution in [0.1, 0.15) is 19.4 Å². The summed E-state index contributed by atoms with van der Waals surface area (Å²) in [5.74, 6) is 0.766. The van der Waals surface area contributed by atoms with Gasteiger partial charge in [0.1, 0.15) is 0 Å². The summed E-state index contributed by atoms with van der Waals surface area (Å²) < 4.78 is 2.08. The molecule has 1 nitrogen and oxygen atoms in total. The maximum Gasteiger partial charge on any atom is 0.0449 e. The lowest BCUT2D eigenvalue weighted by atomic mass is 10.0. The average Bonchev–Trinajstić information content (AvgIpc) is 2.88. The molecule has 1 heteroatoms. The fraction of sp³-hybridized carbons (Fsp3) is 0.222. The summed E-state index contributed by atoms with van der Waals surface area (Å²) in [6.07, 6.45) is 5.27. The van der Waals surface area contributed by atoms with Crippen LogP contribution in [0.4, 0.5) is 0 Å². The largest absolute Gasteiger partial charge is 0.324 e. The van der Waals surface area contributed by atoms with Gasteiger partial charge in [0.25, 0.3) is 0 Å². The van der Waals surface area contributed by atoms with Gasteiger partial charge < -0.3 is 4.40 Å². The van der Waals surface area contributed by atoms with Crippen molar-refractivity contribution in [2.24, 2.45) is 5.92 Å². The van der Waals surface area contributed by atoms with E-state index >= 15 is 0 Å². The zero-order valence-corrected chi connectivity index (χ0v) is 11.7. The topological polar surface area (TPSA) is 4.41 Å². The Hall–Kier alpha value is -2.02.